The zero-order chi connectivity index (χ0) is 32.6. The number of nitrogens with zero attached hydrogens (tertiary/aromatic N) is 2. The van der Waals surface area contributed by atoms with Crippen LogP contribution in [0, 0.1) is 0 Å². The molecule has 232 valence electrons. The predicted octanol–water partition coefficient (Wildman–Crippen LogP) is 5.38. The van der Waals surface area contributed by atoms with Gasteiger partial charge in [0.1, 0.15) is 5.75 Å². The molecule has 18 heteroatoms. The molecule has 4 aromatic rings. The molecule has 0 saturated carbocycles. The van der Waals surface area contributed by atoms with Gasteiger partial charge in [0.25, 0.3) is 5.91 Å². The fourth-order valence-corrected chi connectivity index (χ4v) is 4.22. The fraction of sp³-hybridized carbons (Fsp3) is 0.154. The molecule has 0 radical (unpaired) electrons. The summed E-state index contributed by atoms with van der Waals surface area (Å²) in [5.74, 6) is -4.17. The summed E-state index contributed by atoms with van der Waals surface area (Å²) >= 11 is 0. The number of carboxylic acids is 1. The molecular formula is C26H17F7N4O7. The van der Waals surface area contributed by atoms with Crippen LogP contribution in [0.3, 0.4) is 0 Å². The van der Waals surface area contributed by atoms with Crippen LogP contribution in [-0.4, -0.2) is 62.0 Å². The number of aliphatic hydroxyl groups is 1. The Morgan fingerprint density at radius 3 is 2.25 bits per heavy atom. The van der Waals surface area contributed by atoms with E-state index in [2.05, 4.69) is 20.0 Å². The lowest BCUT2D eigenvalue weighted by Crippen LogP contribution is -2.45. The minimum Gasteiger partial charge on any atom is -0.475 e. The number of nitrogens with one attached hydrogen (secondary N) is 2. The van der Waals surface area contributed by atoms with E-state index in [-0.39, 0.29) is 28.3 Å². The van der Waals surface area contributed by atoms with Crippen LogP contribution in [0.2, 0.25) is 0 Å². The number of amides is 2. The van der Waals surface area contributed by atoms with Crippen LogP contribution in [0.4, 0.5) is 47.2 Å². The number of ether oxygens (including phenoxy) is 1. The van der Waals surface area contributed by atoms with E-state index >= 15 is 0 Å². The van der Waals surface area contributed by atoms with Crippen molar-refractivity contribution in [1.29, 1.82) is 0 Å². The molecule has 1 aliphatic heterocycles. The van der Waals surface area contributed by atoms with Gasteiger partial charge in [-0.25, -0.2) is 14.6 Å². The normalized spacial score (nSPS) is 16.4. The van der Waals surface area contributed by atoms with Crippen LogP contribution in [0.1, 0.15) is 21.5 Å². The molecule has 0 aliphatic carbocycles. The Morgan fingerprint density at radius 1 is 0.977 bits per heavy atom. The fourth-order valence-electron chi connectivity index (χ4n) is 4.22. The quantitative estimate of drug-likeness (QED) is 0.177. The highest BCUT2D eigenvalue weighted by atomic mass is 19.4. The number of halogens is 7. The van der Waals surface area contributed by atoms with Gasteiger partial charge in [0.2, 0.25) is 5.95 Å². The van der Waals surface area contributed by atoms with Gasteiger partial charge < -0.3 is 25.0 Å². The Hall–Kier alpha value is -5.39. The number of aromatic nitrogens is 2. The van der Waals surface area contributed by atoms with Crippen LogP contribution in [0.15, 0.2) is 66.7 Å². The van der Waals surface area contributed by atoms with Crippen molar-refractivity contribution in [2.75, 3.05) is 10.2 Å². The van der Waals surface area contributed by atoms with E-state index in [1.807, 2.05) is 0 Å². The maximum Gasteiger partial charge on any atom is 0.490 e. The Kier molecular flexibility index (Phi) is 8.14. The van der Waals surface area contributed by atoms with Crippen LogP contribution in [-0.2, 0) is 10.5 Å². The van der Waals surface area contributed by atoms with E-state index in [9.17, 15) is 45.4 Å². The lowest BCUT2D eigenvalue weighted by atomic mass is 9.93. The number of aromatic amines is 1. The molecule has 5 N–H and O–H groups in total. The molecule has 1 aromatic heterocycles. The average Bonchev–Trinajstić information content (AvgIpc) is 3.43. The second-order valence-electron chi connectivity index (χ2n) is 8.87. The first kappa shape index (κ1) is 31.5. The van der Waals surface area contributed by atoms with Crippen molar-refractivity contribution in [3.63, 3.8) is 0 Å². The third-order valence-corrected chi connectivity index (χ3v) is 6.00. The van der Waals surface area contributed by atoms with Crippen LogP contribution < -0.4 is 15.0 Å². The molecule has 0 spiro atoms. The van der Waals surface area contributed by atoms with E-state index in [4.69, 9.17) is 15.0 Å². The van der Waals surface area contributed by atoms with Crippen molar-refractivity contribution in [2.24, 2.45) is 0 Å². The molecular weight excluding hydrogens is 613 g/mol. The summed E-state index contributed by atoms with van der Waals surface area (Å²) in [5, 5.41) is 30.2. The Bertz CT molecular complexity index is 1750. The van der Waals surface area contributed by atoms with Gasteiger partial charge in [0.05, 0.1) is 16.7 Å². The van der Waals surface area contributed by atoms with Crippen molar-refractivity contribution in [3.05, 3.63) is 83.4 Å². The van der Waals surface area contributed by atoms with Gasteiger partial charge in [-0.3, -0.25) is 15.0 Å². The number of alkyl halides is 7. The molecule has 11 nitrogen and oxygen atoms in total. The van der Waals surface area contributed by atoms with Gasteiger partial charge >= 0.3 is 30.8 Å². The predicted molar refractivity (Wildman–Crippen MR) is 136 cm³/mol. The number of carboxylic acid groups (broad SMARTS) is 2. The number of hydrogen-bond donors (Lipinski definition) is 5. The molecule has 1 atom stereocenters. The first-order valence-corrected chi connectivity index (χ1v) is 11.9. The first-order chi connectivity index (χ1) is 20.4. The SMILES string of the molecule is O=C(O)C(F)(F)F.O=C(O)Nc1nc2ccc(C3(O)c4ccccc4C(=O)N3c3cccc(OC(F)(F)C(F)F)c3)cc2[nH]1. The number of H-pyrrole nitrogens is 1. The van der Waals surface area contributed by atoms with Crippen LogP contribution in [0.25, 0.3) is 11.0 Å². The third-order valence-electron chi connectivity index (χ3n) is 6.00. The summed E-state index contributed by atoms with van der Waals surface area (Å²) in [7, 11) is 0. The van der Waals surface area contributed by atoms with E-state index in [0.717, 1.165) is 17.0 Å². The maximum atomic E-state index is 13.5. The van der Waals surface area contributed by atoms with Crippen molar-refractivity contribution in [1.82, 2.24) is 9.97 Å². The molecule has 0 bridgehead atoms. The highest BCUT2D eigenvalue weighted by molar-refractivity contribution is 6.12. The monoisotopic (exact) mass is 630 g/mol. The lowest BCUT2D eigenvalue weighted by Gasteiger charge is -2.35. The summed E-state index contributed by atoms with van der Waals surface area (Å²) in [6.45, 7) is 0. The summed E-state index contributed by atoms with van der Waals surface area (Å²) in [6.07, 6.45) is -15.3. The summed E-state index contributed by atoms with van der Waals surface area (Å²) in [6, 6.07) is 15.0. The Labute approximate surface area is 240 Å². The Balaban J connectivity index is 0.000000566. The molecule has 2 heterocycles. The number of aliphatic carboxylic acids is 1. The average molecular weight is 630 g/mol. The maximum absolute atomic E-state index is 13.5. The zero-order valence-corrected chi connectivity index (χ0v) is 21.4. The summed E-state index contributed by atoms with van der Waals surface area (Å²) < 4.78 is 88.3. The number of hydrogen-bond acceptors (Lipinski definition) is 6. The molecule has 0 fully saturated rings. The van der Waals surface area contributed by atoms with Crippen molar-refractivity contribution < 1.29 is 65.2 Å². The molecule has 3 aromatic carbocycles. The molecule has 2 amide bonds. The van der Waals surface area contributed by atoms with Gasteiger partial charge in [0.15, 0.2) is 5.72 Å². The number of anilines is 2. The Morgan fingerprint density at radius 2 is 1.64 bits per heavy atom. The molecule has 44 heavy (non-hydrogen) atoms. The highest BCUT2D eigenvalue weighted by Crippen LogP contribution is 2.46. The van der Waals surface area contributed by atoms with Gasteiger partial charge in [-0.15, -0.1) is 0 Å². The molecule has 0 saturated heterocycles. The lowest BCUT2D eigenvalue weighted by molar-refractivity contribution is -0.253. The summed E-state index contributed by atoms with van der Waals surface area (Å²) in [5.41, 5.74) is -1.17. The topological polar surface area (TPSA) is 165 Å². The van der Waals surface area contributed by atoms with Crippen LogP contribution >= 0.6 is 0 Å². The van der Waals surface area contributed by atoms with E-state index in [0.29, 0.717) is 11.0 Å². The number of rotatable bonds is 6. The van der Waals surface area contributed by atoms with Gasteiger partial charge in [0, 0.05) is 22.8 Å². The third kappa shape index (κ3) is 6.05. The largest absolute Gasteiger partial charge is 0.490 e. The number of fused-ring (bicyclic) bond motifs is 2. The minimum absolute atomic E-state index is 0.0730. The van der Waals surface area contributed by atoms with Gasteiger partial charge in [-0.2, -0.15) is 30.7 Å². The second-order valence-corrected chi connectivity index (χ2v) is 8.87. The van der Waals surface area contributed by atoms with Crippen molar-refractivity contribution >= 4 is 40.6 Å². The van der Waals surface area contributed by atoms with E-state index in [1.54, 1.807) is 12.1 Å². The van der Waals surface area contributed by atoms with E-state index in [1.165, 1.54) is 42.5 Å². The number of carbonyl (C=O) groups is 3. The number of imidazole rings is 1. The van der Waals surface area contributed by atoms with Crippen LogP contribution in [0.5, 0.6) is 5.75 Å². The standard InChI is InChI=1S/C24H16F4N4O5.C2HF3O2/c25-20(26)24(27,28)37-14-5-3-4-13(11-14)32-19(33)15-6-1-2-7-16(15)23(32,36)12-8-9-17-18(10-12)30-21(29-17)31-22(34)35;3-2(4,5)1(6)7/h1-11,20,36H,(H,34,35)(H2,29,30,31);(H,6,7). The smallest absolute Gasteiger partial charge is 0.475 e. The zero-order valence-electron chi connectivity index (χ0n) is 21.4. The first-order valence-electron chi connectivity index (χ1n) is 11.9. The summed E-state index contributed by atoms with van der Waals surface area (Å²) in [4.78, 5) is 41.0. The highest BCUT2D eigenvalue weighted by Gasteiger charge is 2.51. The number of benzene rings is 3. The van der Waals surface area contributed by atoms with Crippen molar-refractivity contribution in [3.8, 4) is 5.75 Å². The molecule has 1 unspecified atom stereocenters. The number of carbonyl (C=O) groups excluding carboxylic acids is 1. The minimum atomic E-state index is -5.08. The van der Waals surface area contributed by atoms with E-state index < -0.39 is 48.2 Å². The van der Waals surface area contributed by atoms with Gasteiger partial charge in [-0.05, 0) is 30.3 Å². The molecule has 5 rings (SSSR count). The van der Waals surface area contributed by atoms with Gasteiger partial charge in [-0.1, -0.05) is 30.3 Å². The van der Waals surface area contributed by atoms with Crippen molar-refractivity contribution in [2.45, 2.75) is 24.4 Å². The second kappa shape index (κ2) is 11.4. The molecule has 1 aliphatic rings.